The number of benzene rings is 1. The molecule has 0 saturated heterocycles. The molecule has 1 heterocycles. The Bertz CT molecular complexity index is 483. The Kier molecular flexibility index (Phi) is 7.38. The van der Waals surface area contributed by atoms with Crippen molar-refractivity contribution in [1.29, 1.82) is 0 Å². The quantitative estimate of drug-likeness (QED) is 0.776. The first kappa shape index (κ1) is 17.0. The molecule has 0 aliphatic carbocycles. The summed E-state index contributed by atoms with van der Waals surface area (Å²) in [6.45, 7) is 3.95. The van der Waals surface area contributed by atoms with Gasteiger partial charge in [-0.1, -0.05) is 12.2 Å². The second-order valence-electron chi connectivity index (χ2n) is 4.56. The smallest absolute Gasteiger partial charge is 0.161 e. The van der Waals surface area contributed by atoms with Crippen molar-refractivity contribution >= 4 is 17.2 Å². The molecule has 22 heavy (non-hydrogen) atoms. The number of nitrogens with two attached hydrogens (primary N) is 1. The van der Waals surface area contributed by atoms with Crippen LogP contribution in [0.5, 0.6) is 11.5 Å². The third kappa shape index (κ3) is 5.76. The van der Waals surface area contributed by atoms with Crippen LogP contribution in [0.15, 0.2) is 18.2 Å². The third-order valence-electron chi connectivity index (χ3n) is 2.94. The molecule has 2 N–H and O–H groups in total. The van der Waals surface area contributed by atoms with Gasteiger partial charge in [-0.2, -0.15) is 0 Å². The molecule has 0 atom stereocenters. The third-order valence-corrected chi connectivity index (χ3v) is 3.18. The molecule has 0 bridgehead atoms. The van der Waals surface area contributed by atoms with Gasteiger partial charge in [-0.15, -0.1) is 0 Å². The summed E-state index contributed by atoms with van der Waals surface area (Å²) >= 11 is 4.99. The lowest BCUT2D eigenvalue weighted by Gasteiger charge is -2.14. The molecule has 122 valence electrons. The molecule has 0 amide bonds. The minimum atomic E-state index is 0.319. The molecular formula is C15H21NO5S. The molecule has 7 heteroatoms. The van der Waals surface area contributed by atoms with Crippen molar-refractivity contribution in [2.75, 3.05) is 52.9 Å². The highest BCUT2D eigenvalue weighted by Gasteiger charge is 2.09. The summed E-state index contributed by atoms with van der Waals surface area (Å²) in [7, 11) is 0. The van der Waals surface area contributed by atoms with Crippen LogP contribution in [0.2, 0.25) is 0 Å². The summed E-state index contributed by atoms with van der Waals surface area (Å²) in [4.78, 5) is 0.319. The van der Waals surface area contributed by atoms with E-state index in [1.165, 1.54) is 0 Å². The Labute approximate surface area is 135 Å². The van der Waals surface area contributed by atoms with Gasteiger partial charge in [0.05, 0.1) is 39.6 Å². The first-order valence-corrected chi connectivity index (χ1v) is 7.61. The average molecular weight is 327 g/mol. The van der Waals surface area contributed by atoms with Gasteiger partial charge in [0.25, 0.3) is 0 Å². The molecule has 2 rings (SSSR count). The van der Waals surface area contributed by atoms with Gasteiger partial charge < -0.3 is 29.4 Å². The normalized spacial score (nSPS) is 18.0. The van der Waals surface area contributed by atoms with Crippen molar-refractivity contribution in [2.24, 2.45) is 5.73 Å². The number of hydrogen-bond donors (Lipinski definition) is 1. The minimum absolute atomic E-state index is 0.319. The summed E-state index contributed by atoms with van der Waals surface area (Å²) < 4.78 is 27.6. The van der Waals surface area contributed by atoms with Crippen molar-refractivity contribution in [3.05, 3.63) is 23.8 Å². The molecular weight excluding hydrogens is 306 g/mol. The van der Waals surface area contributed by atoms with Gasteiger partial charge >= 0.3 is 0 Å². The Hall–Kier alpha value is -1.41. The fourth-order valence-corrected chi connectivity index (χ4v) is 1.98. The van der Waals surface area contributed by atoms with Crippen molar-refractivity contribution in [3.8, 4) is 11.5 Å². The number of hydrogen-bond acceptors (Lipinski definition) is 6. The number of rotatable bonds is 1. The molecule has 1 aliphatic rings. The van der Waals surface area contributed by atoms with Crippen LogP contribution in [-0.2, 0) is 14.2 Å². The van der Waals surface area contributed by atoms with Crippen LogP contribution in [0.1, 0.15) is 5.56 Å². The molecule has 6 nitrogen and oxygen atoms in total. The fourth-order valence-electron chi connectivity index (χ4n) is 1.86. The fraction of sp³-hybridized carbons (Fsp3) is 0.533. The van der Waals surface area contributed by atoms with Crippen molar-refractivity contribution in [2.45, 2.75) is 0 Å². The Morgan fingerprint density at radius 2 is 1.27 bits per heavy atom. The lowest BCUT2D eigenvalue weighted by Crippen LogP contribution is -2.13. The number of thiocarbonyl (C=S) groups is 1. The summed E-state index contributed by atoms with van der Waals surface area (Å²) in [6, 6.07) is 5.38. The van der Waals surface area contributed by atoms with Gasteiger partial charge in [0.15, 0.2) is 11.5 Å². The predicted molar refractivity (Wildman–Crippen MR) is 85.8 cm³/mol. The van der Waals surface area contributed by atoms with Crippen LogP contribution in [0.25, 0.3) is 0 Å². The maximum absolute atomic E-state index is 5.71. The number of fused-ring (bicyclic) bond motifs is 1. The van der Waals surface area contributed by atoms with E-state index in [0.717, 1.165) is 5.56 Å². The van der Waals surface area contributed by atoms with Crippen LogP contribution in [-0.4, -0.2) is 57.8 Å². The van der Waals surface area contributed by atoms with Crippen molar-refractivity contribution in [1.82, 2.24) is 0 Å². The van der Waals surface area contributed by atoms with Gasteiger partial charge in [-0.05, 0) is 18.2 Å². The molecule has 0 unspecified atom stereocenters. The van der Waals surface area contributed by atoms with E-state index < -0.39 is 0 Å². The molecule has 0 spiro atoms. The van der Waals surface area contributed by atoms with E-state index in [-0.39, 0.29) is 0 Å². The van der Waals surface area contributed by atoms with Gasteiger partial charge in [0.2, 0.25) is 0 Å². The second kappa shape index (κ2) is 9.58. The average Bonchev–Trinajstić information content (AvgIpc) is 2.52. The summed E-state index contributed by atoms with van der Waals surface area (Å²) in [5.41, 5.74) is 6.39. The zero-order valence-electron chi connectivity index (χ0n) is 12.4. The molecule has 0 aromatic heterocycles. The highest BCUT2D eigenvalue weighted by Crippen LogP contribution is 2.28. The Morgan fingerprint density at radius 3 is 1.82 bits per heavy atom. The van der Waals surface area contributed by atoms with Crippen LogP contribution >= 0.6 is 12.2 Å². The standard InChI is InChI=1S/C15H21NO5S/c16-15(22)12-1-2-13-14(11-12)21-10-8-19-6-4-17-3-5-18-7-9-20-13/h1-2,11H,3-10H2,(H2,16,22). The highest BCUT2D eigenvalue weighted by molar-refractivity contribution is 7.80. The zero-order valence-corrected chi connectivity index (χ0v) is 13.2. The lowest BCUT2D eigenvalue weighted by molar-refractivity contribution is 0.00708. The van der Waals surface area contributed by atoms with E-state index in [1.807, 2.05) is 6.07 Å². The molecule has 0 radical (unpaired) electrons. The molecule has 0 saturated carbocycles. The maximum atomic E-state index is 5.71. The molecule has 1 aliphatic heterocycles. The monoisotopic (exact) mass is 327 g/mol. The van der Waals surface area contributed by atoms with Crippen LogP contribution in [0, 0.1) is 0 Å². The van der Waals surface area contributed by atoms with Crippen molar-refractivity contribution in [3.63, 3.8) is 0 Å². The summed E-state index contributed by atoms with van der Waals surface area (Å²) in [5.74, 6) is 1.23. The summed E-state index contributed by atoms with van der Waals surface area (Å²) in [6.07, 6.45) is 0. The van der Waals surface area contributed by atoms with Crippen LogP contribution in [0.4, 0.5) is 0 Å². The van der Waals surface area contributed by atoms with Gasteiger partial charge in [0, 0.05) is 5.56 Å². The van der Waals surface area contributed by atoms with Gasteiger partial charge in [0.1, 0.15) is 18.2 Å². The van der Waals surface area contributed by atoms with E-state index in [9.17, 15) is 0 Å². The van der Waals surface area contributed by atoms with E-state index in [0.29, 0.717) is 69.3 Å². The van der Waals surface area contributed by atoms with Crippen LogP contribution in [0.3, 0.4) is 0 Å². The Balaban J connectivity index is 2.02. The SMILES string of the molecule is NC(=S)c1ccc2c(c1)OCCOCCOCCOCCO2. The minimum Gasteiger partial charge on any atom is -0.487 e. The molecule has 0 fully saturated rings. The van der Waals surface area contributed by atoms with Gasteiger partial charge in [-0.3, -0.25) is 0 Å². The number of ether oxygens (including phenoxy) is 5. The van der Waals surface area contributed by atoms with Crippen molar-refractivity contribution < 1.29 is 23.7 Å². The van der Waals surface area contributed by atoms with E-state index in [1.54, 1.807) is 12.1 Å². The Morgan fingerprint density at radius 1 is 0.773 bits per heavy atom. The van der Waals surface area contributed by atoms with E-state index in [2.05, 4.69) is 0 Å². The molecule has 1 aromatic rings. The topological polar surface area (TPSA) is 72.2 Å². The second-order valence-corrected chi connectivity index (χ2v) is 5.00. The maximum Gasteiger partial charge on any atom is 0.161 e. The first-order valence-electron chi connectivity index (χ1n) is 7.20. The van der Waals surface area contributed by atoms with Crippen LogP contribution < -0.4 is 15.2 Å². The highest BCUT2D eigenvalue weighted by atomic mass is 32.1. The zero-order chi connectivity index (χ0) is 15.6. The molecule has 1 aromatic carbocycles. The lowest BCUT2D eigenvalue weighted by atomic mass is 10.2. The largest absolute Gasteiger partial charge is 0.487 e. The van der Waals surface area contributed by atoms with Gasteiger partial charge in [-0.25, -0.2) is 0 Å². The first-order chi connectivity index (χ1) is 10.8. The summed E-state index contributed by atoms with van der Waals surface area (Å²) in [5, 5.41) is 0. The van der Waals surface area contributed by atoms with E-state index >= 15 is 0 Å². The van der Waals surface area contributed by atoms with E-state index in [4.69, 9.17) is 41.6 Å². The predicted octanol–water partition coefficient (Wildman–Crippen LogP) is 1.14.